The van der Waals surface area contributed by atoms with E-state index < -0.39 is 0 Å². The first-order valence-corrected chi connectivity index (χ1v) is 2.33. The summed E-state index contributed by atoms with van der Waals surface area (Å²) in [5, 5.41) is 0. The molecule has 0 spiro atoms. The molecular formula is C6H13N. The van der Waals surface area contributed by atoms with E-state index >= 15 is 0 Å². The Kier molecular flexibility index (Phi) is 1.28. The van der Waals surface area contributed by atoms with Crippen LogP contribution in [0.15, 0.2) is 11.6 Å². The molecule has 0 aromatic heterocycles. The molecule has 1 nitrogen and oxygen atoms in total. The lowest BCUT2D eigenvalue weighted by molar-refractivity contribution is 0.700. The van der Waals surface area contributed by atoms with Gasteiger partial charge in [-0.25, -0.2) is 0 Å². The van der Waals surface area contributed by atoms with Gasteiger partial charge in [-0.05, 0) is 6.92 Å². The second-order valence-electron chi connectivity index (χ2n) is 2.55. The fourth-order valence-electron chi connectivity index (χ4n) is 0.505. The third-order valence-corrected chi connectivity index (χ3v) is 1.51. The zero-order valence-corrected chi connectivity index (χ0v) is 5.28. The van der Waals surface area contributed by atoms with Gasteiger partial charge in [-0.1, -0.05) is 25.5 Å². The SMILES string of the molecule is CC1=CC1(C)C.N. The largest absolute Gasteiger partial charge is 0.344 e. The summed E-state index contributed by atoms with van der Waals surface area (Å²) in [5.74, 6) is 0. The summed E-state index contributed by atoms with van der Waals surface area (Å²) in [6, 6.07) is 0. The number of hydrogen-bond acceptors (Lipinski definition) is 1. The molecule has 1 heteroatoms. The van der Waals surface area contributed by atoms with E-state index in [-0.39, 0.29) is 6.15 Å². The average molecular weight is 99.2 g/mol. The normalized spacial score (nSPS) is 22.4. The highest BCUT2D eigenvalue weighted by molar-refractivity contribution is 5.33. The molecule has 1 rings (SSSR count). The lowest BCUT2D eigenvalue weighted by Gasteiger charge is -1.94. The maximum atomic E-state index is 2.27. The van der Waals surface area contributed by atoms with Crippen LogP contribution in [0.1, 0.15) is 20.8 Å². The van der Waals surface area contributed by atoms with Crippen LogP contribution >= 0.6 is 0 Å². The van der Waals surface area contributed by atoms with E-state index in [1.54, 1.807) is 0 Å². The van der Waals surface area contributed by atoms with Crippen LogP contribution in [0.4, 0.5) is 0 Å². The van der Waals surface area contributed by atoms with Crippen LogP contribution in [0.25, 0.3) is 0 Å². The second kappa shape index (κ2) is 1.34. The molecule has 0 aliphatic heterocycles. The second-order valence-corrected chi connectivity index (χ2v) is 2.55. The molecule has 0 amide bonds. The summed E-state index contributed by atoms with van der Waals surface area (Å²) < 4.78 is 0. The standard InChI is InChI=1S/C6H10.H3N/c1-5-4-6(5,2)3;/h4H,1-3H3;1H3. The van der Waals surface area contributed by atoms with Crippen LogP contribution in [-0.4, -0.2) is 0 Å². The highest BCUT2D eigenvalue weighted by Crippen LogP contribution is 2.41. The van der Waals surface area contributed by atoms with E-state index in [0.29, 0.717) is 5.41 Å². The van der Waals surface area contributed by atoms with Gasteiger partial charge in [0.1, 0.15) is 0 Å². The molecule has 3 N–H and O–H groups in total. The first kappa shape index (κ1) is 6.70. The van der Waals surface area contributed by atoms with Crippen molar-refractivity contribution in [1.29, 1.82) is 0 Å². The first-order valence-electron chi connectivity index (χ1n) is 2.33. The minimum Gasteiger partial charge on any atom is -0.344 e. The minimum absolute atomic E-state index is 0. The number of hydrogen-bond donors (Lipinski definition) is 1. The van der Waals surface area contributed by atoms with Gasteiger partial charge in [0.05, 0.1) is 0 Å². The smallest absolute Gasteiger partial charge is 0.00346 e. The molecule has 0 heterocycles. The van der Waals surface area contributed by atoms with Crippen LogP contribution in [0.3, 0.4) is 0 Å². The van der Waals surface area contributed by atoms with Crippen LogP contribution in [-0.2, 0) is 0 Å². The third-order valence-electron chi connectivity index (χ3n) is 1.51. The first-order chi connectivity index (χ1) is 2.63. The molecule has 0 aromatic rings. The van der Waals surface area contributed by atoms with Gasteiger partial charge in [0, 0.05) is 5.41 Å². The lowest BCUT2D eigenvalue weighted by atomic mass is 10.1. The molecule has 0 aromatic carbocycles. The number of allylic oxidation sites excluding steroid dienone is 2. The van der Waals surface area contributed by atoms with Gasteiger partial charge in [-0.3, -0.25) is 0 Å². The fourth-order valence-corrected chi connectivity index (χ4v) is 0.505. The van der Waals surface area contributed by atoms with Gasteiger partial charge in [0.25, 0.3) is 0 Å². The van der Waals surface area contributed by atoms with Gasteiger partial charge in [-0.15, -0.1) is 0 Å². The molecule has 0 saturated heterocycles. The van der Waals surface area contributed by atoms with Crippen molar-refractivity contribution in [3.05, 3.63) is 11.6 Å². The zero-order valence-electron chi connectivity index (χ0n) is 5.28. The van der Waals surface area contributed by atoms with Gasteiger partial charge in [-0.2, -0.15) is 0 Å². The van der Waals surface area contributed by atoms with E-state index in [4.69, 9.17) is 0 Å². The quantitative estimate of drug-likeness (QED) is 0.464. The van der Waals surface area contributed by atoms with Crippen molar-refractivity contribution in [2.75, 3.05) is 0 Å². The van der Waals surface area contributed by atoms with Gasteiger partial charge >= 0.3 is 0 Å². The van der Waals surface area contributed by atoms with E-state index in [1.165, 1.54) is 5.57 Å². The Balaban J connectivity index is 0.000000360. The van der Waals surface area contributed by atoms with Crippen molar-refractivity contribution in [3.63, 3.8) is 0 Å². The van der Waals surface area contributed by atoms with Gasteiger partial charge in [0.2, 0.25) is 0 Å². The van der Waals surface area contributed by atoms with Crippen LogP contribution in [0.5, 0.6) is 0 Å². The molecule has 0 radical (unpaired) electrons. The highest BCUT2D eigenvalue weighted by Gasteiger charge is 2.28. The third kappa shape index (κ3) is 1.03. The van der Waals surface area contributed by atoms with Crippen molar-refractivity contribution in [3.8, 4) is 0 Å². The Labute approximate surface area is 45.0 Å². The molecule has 0 bridgehead atoms. The molecule has 1 aliphatic rings. The van der Waals surface area contributed by atoms with E-state index in [2.05, 4.69) is 26.8 Å². The average Bonchev–Trinajstić information content (AvgIpc) is 1.73. The van der Waals surface area contributed by atoms with Gasteiger partial charge in [0.15, 0.2) is 0 Å². The molecule has 0 atom stereocenters. The lowest BCUT2D eigenvalue weighted by Crippen LogP contribution is -1.84. The molecule has 7 heavy (non-hydrogen) atoms. The minimum atomic E-state index is 0. The predicted octanol–water partition coefficient (Wildman–Crippen LogP) is 2.13. The summed E-state index contributed by atoms with van der Waals surface area (Å²) in [6.45, 7) is 6.62. The highest BCUT2D eigenvalue weighted by atomic mass is 14.3. The van der Waals surface area contributed by atoms with Crippen LogP contribution in [0.2, 0.25) is 0 Å². The molecule has 1 aliphatic carbocycles. The summed E-state index contributed by atoms with van der Waals surface area (Å²) in [5.41, 5.74) is 2.03. The Morgan fingerprint density at radius 1 is 1.43 bits per heavy atom. The van der Waals surface area contributed by atoms with Gasteiger partial charge < -0.3 is 6.15 Å². The Hall–Kier alpha value is -0.300. The Morgan fingerprint density at radius 3 is 1.57 bits per heavy atom. The molecular weight excluding hydrogens is 86.1 g/mol. The van der Waals surface area contributed by atoms with E-state index in [0.717, 1.165) is 0 Å². The molecule has 0 saturated carbocycles. The fraction of sp³-hybridized carbons (Fsp3) is 0.667. The summed E-state index contributed by atoms with van der Waals surface area (Å²) >= 11 is 0. The zero-order chi connectivity index (χ0) is 4.78. The van der Waals surface area contributed by atoms with Crippen LogP contribution in [0, 0.1) is 5.41 Å². The summed E-state index contributed by atoms with van der Waals surface area (Å²) in [6.07, 6.45) is 2.27. The number of rotatable bonds is 0. The van der Waals surface area contributed by atoms with Crippen molar-refractivity contribution in [1.82, 2.24) is 6.15 Å². The molecule has 42 valence electrons. The van der Waals surface area contributed by atoms with Crippen molar-refractivity contribution in [2.45, 2.75) is 20.8 Å². The topological polar surface area (TPSA) is 35.0 Å². The maximum absolute atomic E-state index is 2.27. The van der Waals surface area contributed by atoms with E-state index in [9.17, 15) is 0 Å². The summed E-state index contributed by atoms with van der Waals surface area (Å²) in [7, 11) is 0. The monoisotopic (exact) mass is 99.1 g/mol. The Bertz CT molecular complexity index is 101. The van der Waals surface area contributed by atoms with Crippen LogP contribution < -0.4 is 6.15 Å². The molecule has 0 fully saturated rings. The van der Waals surface area contributed by atoms with Crippen molar-refractivity contribution >= 4 is 0 Å². The maximum Gasteiger partial charge on any atom is 0.00346 e. The Morgan fingerprint density at radius 2 is 1.57 bits per heavy atom. The van der Waals surface area contributed by atoms with Crippen molar-refractivity contribution < 1.29 is 0 Å². The summed E-state index contributed by atoms with van der Waals surface area (Å²) in [4.78, 5) is 0. The predicted molar refractivity (Wildman–Crippen MR) is 32.6 cm³/mol. The van der Waals surface area contributed by atoms with Crippen molar-refractivity contribution in [2.24, 2.45) is 5.41 Å². The van der Waals surface area contributed by atoms with E-state index in [1.807, 2.05) is 0 Å². The molecule has 0 unspecified atom stereocenters.